The highest BCUT2D eigenvalue weighted by Gasteiger charge is 2.44. The molecule has 2 N–H and O–H groups in total. The summed E-state index contributed by atoms with van der Waals surface area (Å²) in [4.78, 5) is 26.4. The highest BCUT2D eigenvalue weighted by molar-refractivity contribution is 9.10. The SMILES string of the molecule is O=C(NCC1(c2cccc(Br)c2)CC1)NC1CCN(C(=O)C2CC2)CC1. The fourth-order valence-electron chi connectivity index (χ4n) is 3.86. The molecule has 0 aromatic heterocycles. The van der Waals surface area contributed by atoms with Crippen LogP contribution in [-0.2, 0) is 10.2 Å². The molecule has 3 amide bonds. The normalized spacial score (nSPS) is 22.0. The van der Waals surface area contributed by atoms with Crippen LogP contribution >= 0.6 is 15.9 Å². The van der Waals surface area contributed by atoms with Crippen LogP contribution in [0.3, 0.4) is 0 Å². The standard InChI is InChI=1S/C20H26BrN3O2/c21-16-3-1-2-15(12-16)20(8-9-20)13-22-19(26)23-17-6-10-24(11-7-17)18(25)14-4-5-14/h1-3,12,14,17H,4-11,13H2,(H2,22,23,26). The summed E-state index contributed by atoms with van der Waals surface area (Å²) < 4.78 is 1.08. The number of carbonyl (C=O) groups excluding carboxylic acids is 2. The van der Waals surface area contributed by atoms with Crippen LogP contribution in [0.4, 0.5) is 4.79 Å². The predicted molar refractivity (Wildman–Crippen MR) is 104 cm³/mol. The number of nitrogens with one attached hydrogen (secondary N) is 2. The van der Waals surface area contributed by atoms with Crippen molar-refractivity contribution in [3.63, 3.8) is 0 Å². The maximum Gasteiger partial charge on any atom is 0.315 e. The Bertz CT molecular complexity index is 692. The van der Waals surface area contributed by atoms with Gasteiger partial charge in [0.1, 0.15) is 0 Å². The fourth-order valence-corrected chi connectivity index (χ4v) is 4.25. The second kappa shape index (κ2) is 7.22. The quantitative estimate of drug-likeness (QED) is 0.769. The molecule has 26 heavy (non-hydrogen) atoms. The van der Waals surface area contributed by atoms with Gasteiger partial charge in [-0.15, -0.1) is 0 Å². The third kappa shape index (κ3) is 4.05. The number of nitrogens with zero attached hydrogens (tertiary/aromatic N) is 1. The molecule has 0 radical (unpaired) electrons. The largest absolute Gasteiger partial charge is 0.342 e. The molecule has 0 unspecified atom stereocenters. The zero-order valence-electron chi connectivity index (χ0n) is 15.0. The lowest BCUT2D eigenvalue weighted by molar-refractivity contribution is -0.133. The van der Waals surface area contributed by atoms with Gasteiger partial charge in [-0.1, -0.05) is 28.1 Å². The molecular weight excluding hydrogens is 394 g/mol. The molecule has 1 saturated heterocycles. The van der Waals surface area contributed by atoms with E-state index < -0.39 is 0 Å². The summed E-state index contributed by atoms with van der Waals surface area (Å²) in [5.74, 6) is 0.605. The van der Waals surface area contributed by atoms with Crippen LogP contribution in [0.5, 0.6) is 0 Å². The van der Waals surface area contributed by atoms with Crippen molar-refractivity contribution in [1.82, 2.24) is 15.5 Å². The summed E-state index contributed by atoms with van der Waals surface area (Å²) in [5, 5.41) is 6.16. The lowest BCUT2D eigenvalue weighted by Crippen LogP contribution is -2.50. The molecule has 0 bridgehead atoms. The Hall–Kier alpha value is -1.56. The average molecular weight is 420 g/mol. The first kappa shape index (κ1) is 17.8. The predicted octanol–water partition coefficient (Wildman–Crippen LogP) is 3.18. The number of hydrogen-bond acceptors (Lipinski definition) is 2. The van der Waals surface area contributed by atoms with Crippen molar-refractivity contribution in [3.8, 4) is 0 Å². The Balaban J connectivity index is 1.22. The van der Waals surface area contributed by atoms with Crippen LogP contribution < -0.4 is 10.6 Å². The molecule has 3 aliphatic rings. The lowest BCUT2D eigenvalue weighted by atomic mass is 9.96. The minimum Gasteiger partial charge on any atom is -0.342 e. The fraction of sp³-hybridized carbons (Fsp3) is 0.600. The first-order chi connectivity index (χ1) is 12.6. The number of hydrogen-bond donors (Lipinski definition) is 2. The molecule has 3 fully saturated rings. The molecule has 1 aromatic carbocycles. The van der Waals surface area contributed by atoms with Crippen molar-refractivity contribution in [2.75, 3.05) is 19.6 Å². The van der Waals surface area contributed by atoms with Gasteiger partial charge >= 0.3 is 6.03 Å². The summed E-state index contributed by atoms with van der Waals surface area (Å²) in [5.41, 5.74) is 1.39. The first-order valence-electron chi connectivity index (χ1n) is 9.65. The zero-order valence-corrected chi connectivity index (χ0v) is 16.6. The van der Waals surface area contributed by atoms with Gasteiger partial charge in [-0.25, -0.2) is 4.79 Å². The molecule has 1 aromatic rings. The van der Waals surface area contributed by atoms with Crippen LogP contribution in [-0.4, -0.2) is 42.5 Å². The van der Waals surface area contributed by atoms with Gasteiger partial charge < -0.3 is 15.5 Å². The van der Waals surface area contributed by atoms with E-state index in [4.69, 9.17) is 0 Å². The number of piperidine rings is 1. The molecule has 0 atom stereocenters. The van der Waals surface area contributed by atoms with E-state index in [-0.39, 0.29) is 23.4 Å². The Morgan fingerprint density at radius 2 is 1.88 bits per heavy atom. The lowest BCUT2D eigenvalue weighted by Gasteiger charge is -2.32. The monoisotopic (exact) mass is 419 g/mol. The number of benzene rings is 1. The second-order valence-electron chi connectivity index (χ2n) is 7.99. The van der Waals surface area contributed by atoms with E-state index in [0.717, 1.165) is 56.1 Å². The number of urea groups is 1. The Morgan fingerprint density at radius 3 is 2.50 bits per heavy atom. The third-order valence-electron chi connectivity index (χ3n) is 5.95. The van der Waals surface area contributed by atoms with Gasteiger partial charge in [0.15, 0.2) is 0 Å². The molecule has 1 aliphatic heterocycles. The van der Waals surface area contributed by atoms with Gasteiger partial charge in [0.25, 0.3) is 0 Å². The zero-order chi connectivity index (χ0) is 18.1. The van der Waals surface area contributed by atoms with E-state index in [1.54, 1.807) is 0 Å². The third-order valence-corrected chi connectivity index (χ3v) is 6.44. The van der Waals surface area contributed by atoms with Gasteiger partial charge in [0.2, 0.25) is 5.91 Å². The molecular formula is C20H26BrN3O2. The Labute approximate surface area is 163 Å². The van der Waals surface area contributed by atoms with E-state index in [9.17, 15) is 9.59 Å². The highest BCUT2D eigenvalue weighted by atomic mass is 79.9. The van der Waals surface area contributed by atoms with E-state index >= 15 is 0 Å². The number of rotatable bonds is 5. The summed E-state index contributed by atoms with van der Waals surface area (Å²) in [6.45, 7) is 2.21. The van der Waals surface area contributed by atoms with Crippen LogP contribution in [0, 0.1) is 5.92 Å². The van der Waals surface area contributed by atoms with Gasteiger partial charge in [-0.05, 0) is 56.2 Å². The average Bonchev–Trinajstić information content (AvgIpc) is 3.55. The Kier molecular flexibility index (Phi) is 4.95. The van der Waals surface area contributed by atoms with Gasteiger partial charge in [-0.2, -0.15) is 0 Å². The van der Waals surface area contributed by atoms with Crippen LogP contribution in [0.25, 0.3) is 0 Å². The molecule has 0 spiro atoms. The summed E-state index contributed by atoms with van der Waals surface area (Å²) in [6, 6.07) is 8.46. The van der Waals surface area contributed by atoms with Crippen LogP contribution in [0.2, 0.25) is 0 Å². The number of carbonyl (C=O) groups is 2. The van der Waals surface area contributed by atoms with Crippen LogP contribution in [0.15, 0.2) is 28.7 Å². The number of likely N-dealkylation sites (tertiary alicyclic amines) is 1. The molecule has 5 nitrogen and oxygen atoms in total. The van der Waals surface area contributed by atoms with Crippen molar-refractivity contribution < 1.29 is 9.59 Å². The summed E-state index contributed by atoms with van der Waals surface area (Å²) >= 11 is 3.53. The highest BCUT2D eigenvalue weighted by Crippen LogP contribution is 2.48. The van der Waals surface area contributed by atoms with Gasteiger partial charge in [-0.3, -0.25) is 4.79 Å². The minimum atomic E-state index is -0.0850. The van der Waals surface area contributed by atoms with Gasteiger partial charge in [0.05, 0.1) is 0 Å². The van der Waals surface area contributed by atoms with E-state index in [2.05, 4.69) is 44.8 Å². The first-order valence-corrected chi connectivity index (χ1v) is 10.4. The molecule has 4 rings (SSSR count). The van der Waals surface area contributed by atoms with Crippen LogP contribution in [0.1, 0.15) is 44.1 Å². The number of amides is 3. The van der Waals surface area contributed by atoms with Crippen molar-refractivity contribution in [2.24, 2.45) is 5.92 Å². The van der Waals surface area contributed by atoms with Crippen molar-refractivity contribution in [2.45, 2.75) is 50.0 Å². The van der Waals surface area contributed by atoms with E-state index in [1.807, 2.05) is 11.0 Å². The van der Waals surface area contributed by atoms with Crippen molar-refractivity contribution in [1.29, 1.82) is 0 Å². The van der Waals surface area contributed by atoms with E-state index in [1.165, 1.54) is 5.56 Å². The van der Waals surface area contributed by atoms with Gasteiger partial charge in [0, 0.05) is 41.5 Å². The maximum absolute atomic E-state index is 12.3. The topological polar surface area (TPSA) is 61.4 Å². The molecule has 1 heterocycles. The van der Waals surface area contributed by atoms with E-state index in [0.29, 0.717) is 12.5 Å². The Morgan fingerprint density at radius 1 is 1.15 bits per heavy atom. The molecule has 6 heteroatoms. The molecule has 2 saturated carbocycles. The minimum absolute atomic E-state index is 0.0850. The smallest absolute Gasteiger partial charge is 0.315 e. The maximum atomic E-state index is 12.3. The second-order valence-corrected chi connectivity index (χ2v) is 8.91. The van der Waals surface area contributed by atoms with Crippen molar-refractivity contribution >= 4 is 27.9 Å². The number of halogens is 1. The molecule has 140 valence electrons. The van der Waals surface area contributed by atoms with Crippen molar-refractivity contribution in [3.05, 3.63) is 34.3 Å². The summed E-state index contributed by atoms with van der Waals surface area (Å²) in [6.07, 6.45) is 6.04. The molecule has 2 aliphatic carbocycles. The summed E-state index contributed by atoms with van der Waals surface area (Å²) in [7, 11) is 0.